The molecule has 0 aromatic heterocycles. The maximum Gasteiger partial charge on any atom is 0.119 e. The standard InChI is InChI=1S/C12H15ClN2O/c13-7-12(14)15-10-5-6-11(16)9-4-2-1-3-8(9)10/h5-6,16H,1-4,7H2,(H2,14,15). The Balaban J connectivity index is 2.47. The Hall–Kier alpha value is -1.22. The van der Waals surface area contributed by atoms with Gasteiger partial charge in [-0.25, -0.2) is 4.99 Å². The van der Waals surface area contributed by atoms with Gasteiger partial charge in [0.25, 0.3) is 0 Å². The van der Waals surface area contributed by atoms with Crippen LogP contribution in [0, 0.1) is 0 Å². The van der Waals surface area contributed by atoms with Crippen molar-refractivity contribution in [2.45, 2.75) is 25.7 Å². The lowest BCUT2D eigenvalue weighted by Gasteiger charge is -2.18. The van der Waals surface area contributed by atoms with E-state index in [1.165, 1.54) is 0 Å². The van der Waals surface area contributed by atoms with Gasteiger partial charge < -0.3 is 10.8 Å². The fourth-order valence-electron chi connectivity index (χ4n) is 2.12. The van der Waals surface area contributed by atoms with Gasteiger partial charge in [0.05, 0.1) is 11.6 Å². The molecular formula is C12H15ClN2O. The molecule has 86 valence electrons. The fraction of sp³-hybridized carbons (Fsp3) is 0.417. The van der Waals surface area contributed by atoms with E-state index in [4.69, 9.17) is 17.3 Å². The van der Waals surface area contributed by atoms with Gasteiger partial charge in [-0.05, 0) is 48.9 Å². The molecule has 3 nitrogen and oxygen atoms in total. The van der Waals surface area contributed by atoms with Crippen LogP contribution in [0.25, 0.3) is 0 Å². The Kier molecular flexibility index (Phi) is 3.34. The zero-order valence-corrected chi connectivity index (χ0v) is 9.80. The molecule has 16 heavy (non-hydrogen) atoms. The number of halogens is 1. The van der Waals surface area contributed by atoms with Crippen LogP contribution < -0.4 is 5.73 Å². The number of alkyl halides is 1. The molecule has 1 aliphatic rings. The summed E-state index contributed by atoms with van der Waals surface area (Å²) in [5, 5.41) is 9.77. The summed E-state index contributed by atoms with van der Waals surface area (Å²) in [6, 6.07) is 3.49. The van der Waals surface area contributed by atoms with Crippen LogP contribution in [0.4, 0.5) is 5.69 Å². The average molecular weight is 239 g/mol. The van der Waals surface area contributed by atoms with Crippen molar-refractivity contribution in [1.82, 2.24) is 0 Å². The summed E-state index contributed by atoms with van der Waals surface area (Å²) in [6.07, 6.45) is 4.14. The van der Waals surface area contributed by atoms with Gasteiger partial charge in [-0.2, -0.15) is 0 Å². The monoisotopic (exact) mass is 238 g/mol. The Labute approximate surface area is 99.9 Å². The largest absolute Gasteiger partial charge is 0.508 e. The third kappa shape index (κ3) is 2.14. The van der Waals surface area contributed by atoms with Gasteiger partial charge in [-0.1, -0.05) is 0 Å². The van der Waals surface area contributed by atoms with Crippen LogP contribution in [0.1, 0.15) is 24.0 Å². The quantitative estimate of drug-likeness (QED) is 0.473. The lowest BCUT2D eigenvalue weighted by molar-refractivity contribution is 0.462. The number of rotatable bonds is 2. The van der Waals surface area contributed by atoms with E-state index in [1.807, 2.05) is 0 Å². The maximum atomic E-state index is 9.77. The van der Waals surface area contributed by atoms with Crippen molar-refractivity contribution in [1.29, 1.82) is 0 Å². The normalized spacial score (nSPS) is 15.9. The molecule has 1 aromatic rings. The topological polar surface area (TPSA) is 58.6 Å². The summed E-state index contributed by atoms with van der Waals surface area (Å²) < 4.78 is 0. The van der Waals surface area contributed by atoms with E-state index in [9.17, 15) is 5.11 Å². The van der Waals surface area contributed by atoms with Crippen molar-refractivity contribution in [2.24, 2.45) is 10.7 Å². The maximum absolute atomic E-state index is 9.77. The Bertz CT molecular complexity index is 429. The van der Waals surface area contributed by atoms with Crippen LogP contribution >= 0.6 is 11.6 Å². The van der Waals surface area contributed by atoms with Gasteiger partial charge in [-0.3, -0.25) is 0 Å². The molecule has 1 aliphatic carbocycles. The van der Waals surface area contributed by atoms with Crippen LogP contribution in [0.3, 0.4) is 0 Å². The first-order chi connectivity index (χ1) is 7.72. The minimum absolute atomic E-state index is 0.232. The molecule has 4 heteroatoms. The summed E-state index contributed by atoms with van der Waals surface area (Å²) in [5.74, 6) is 1.02. The molecule has 3 N–H and O–H groups in total. The zero-order chi connectivity index (χ0) is 11.5. The summed E-state index contributed by atoms with van der Waals surface area (Å²) >= 11 is 5.61. The third-order valence-electron chi connectivity index (χ3n) is 2.89. The SMILES string of the molecule is NC(CCl)=Nc1ccc(O)c2c1CCCC2. The second-order valence-corrected chi connectivity index (χ2v) is 4.27. The number of hydrogen-bond donors (Lipinski definition) is 2. The number of aromatic hydroxyl groups is 1. The summed E-state index contributed by atoms with van der Waals surface area (Å²) in [6.45, 7) is 0. The number of amidine groups is 1. The molecular weight excluding hydrogens is 224 g/mol. The highest BCUT2D eigenvalue weighted by atomic mass is 35.5. The molecule has 0 radical (unpaired) electrons. The van der Waals surface area contributed by atoms with E-state index >= 15 is 0 Å². The van der Waals surface area contributed by atoms with Gasteiger partial charge in [-0.15, -0.1) is 11.6 Å². The van der Waals surface area contributed by atoms with Crippen molar-refractivity contribution in [3.8, 4) is 5.75 Å². The first kappa shape index (κ1) is 11.3. The Morgan fingerprint density at radius 2 is 2.00 bits per heavy atom. The molecule has 0 unspecified atom stereocenters. The van der Waals surface area contributed by atoms with Gasteiger partial charge in [0.2, 0.25) is 0 Å². The molecule has 1 aromatic carbocycles. The highest BCUT2D eigenvalue weighted by molar-refractivity contribution is 6.28. The molecule has 0 spiro atoms. The third-order valence-corrected chi connectivity index (χ3v) is 3.16. The molecule has 2 rings (SSSR count). The second-order valence-electron chi connectivity index (χ2n) is 4.00. The predicted octanol–water partition coefficient (Wildman–Crippen LogP) is 2.50. The molecule has 0 saturated heterocycles. The molecule has 0 aliphatic heterocycles. The number of phenols is 1. The summed E-state index contributed by atoms with van der Waals surface area (Å²) in [5.41, 5.74) is 8.63. The summed E-state index contributed by atoms with van der Waals surface area (Å²) in [7, 11) is 0. The van der Waals surface area contributed by atoms with E-state index in [2.05, 4.69) is 4.99 Å². The highest BCUT2D eigenvalue weighted by Crippen LogP contribution is 2.35. The highest BCUT2D eigenvalue weighted by Gasteiger charge is 2.16. The number of benzene rings is 1. The molecule has 0 heterocycles. The van der Waals surface area contributed by atoms with E-state index < -0.39 is 0 Å². The molecule has 0 fully saturated rings. The first-order valence-corrected chi connectivity index (χ1v) is 5.98. The lowest BCUT2D eigenvalue weighted by Crippen LogP contribution is -2.13. The molecule has 0 saturated carbocycles. The fourth-order valence-corrected chi connectivity index (χ4v) is 2.18. The van der Waals surface area contributed by atoms with Crippen molar-refractivity contribution in [3.63, 3.8) is 0 Å². The predicted molar refractivity (Wildman–Crippen MR) is 66.8 cm³/mol. The van der Waals surface area contributed by atoms with Crippen molar-refractivity contribution < 1.29 is 5.11 Å². The number of aliphatic imine (C=N–C) groups is 1. The van der Waals surface area contributed by atoms with Gasteiger partial charge in [0.1, 0.15) is 11.6 Å². The molecule has 0 amide bonds. The smallest absolute Gasteiger partial charge is 0.119 e. The zero-order valence-electron chi connectivity index (χ0n) is 9.04. The van der Waals surface area contributed by atoms with Crippen molar-refractivity contribution >= 4 is 23.1 Å². The minimum Gasteiger partial charge on any atom is -0.508 e. The first-order valence-electron chi connectivity index (χ1n) is 5.45. The Morgan fingerprint density at radius 1 is 1.31 bits per heavy atom. The number of phenolic OH excluding ortho intramolecular Hbond substituents is 1. The van der Waals surface area contributed by atoms with Gasteiger partial charge in [0, 0.05) is 0 Å². The number of hydrogen-bond acceptors (Lipinski definition) is 2. The molecule has 0 bridgehead atoms. The van der Waals surface area contributed by atoms with Crippen molar-refractivity contribution in [2.75, 3.05) is 5.88 Å². The average Bonchev–Trinajstić information content (AvgIpc) is 2.33. The van der Waals surface area contributed by atoms with Gasteiger partial charge in [0.15, 0.2) is 0 Å². The number of fused-ring (bicyclic) bond motifs is 1. The number of nitrogens with two attached hydrogens (primary N) is 1. The Morgan fingerprint density at radius 3 is 2.69 bits per heavy atom. The summed E-state index contributed by atoms with van der Waals surface area (Å²) in [4.78, 5) is 4.28. The van der Waals surface area contributed by atoms with E-state index in [0.717, 1.165) is 42.5 Å². The van der Waals surface area contributed by atoms with Crippen LogP contribution in [0.5, 0.6) is 5.75 Å². The van der Waals surface area contributed by atoms with Crippen LogP contribution in [0.2, 0.25) is 0 Å². The lowest BCUT2D eigenvalue weighted by atomic mass is 9.90. The van der Waals surface area contributed by atoms with E-state index in [1.54, 1.807) is 12.1 Å². The van der Waals surface area contributed by atoms with E-state index in [0.29, 0.717) is 11.6 Å². The number of nitrogens with zero attached hydrogens (tertiary/aromatic N) is 1. The molecule has 0 atom stereocenters. The van der Waals surface area contributed by atoms with Crippen LogP contribution in [0.15, 0.2) is 17.1 Å². The van der Waals surface area contributed by atoms with Crippen molar-refractivity contribution in [3.05, 3.63) is 23.3 Å². The van der Waals surface area contributed by atoms with E-state index in [-0.39, 0.29) is 5.88 Å². The van der Waals surface area contributed by atoms with Crippen LogP contribution in [-0.4, -0.2) is 16.8 Å². The second kappa shape index (κ2) is 4.74. The van der Waals surface area contributed by atoms with Crippen LogP contribution in [-0.2, 0) is 12.8 Å². The van der Waals surface area contributed by atoms with Gasteiger partial charge >= 0.3 is 0 Å². The minimum atomic E-state index is 0.232.